The van der Waals surface area contributed by atoms with Crippen LogP contribution in [0.15, 0.2) is 46.9 Å². The van der Waals surface area contributed by atoms with Crippen LogP contribution in [0.4, 0.5) is 32.4 Å². The number of carbonyl (C=O) groups excluding carboxylic acids is 1. The zero-order valence-corrected chi connectivity index (χ0v) is 21.3. The number of hydrogen-bond donors (Lipinski definition) is 0. The van der Waals surface area contributed by atoms with E-state index in [1.165, 1.54) is 21.9 Å². The molecule has 9 nitrogen and oxygen atoms in total. The van der Waals surface area contributed by atoms with Crippen LogP contribution in [0.1, 0.15) is 29.9 Å². The van der Waals surface area contributed by atoms with E-state index in [-0.39, 0.29) is 69.3 Å². The molecule has 40 heavy (non-hydrogen) atoms. The Balaban J connectivity index is 1.37. The molecule has 0 atom stereocenters. The number of nitrogens with zero attached hydrogens (tertiary/aromatic N) is 6. The SMILES string of the molecule is O=C(N1CC[N+](=O)CC1)N(Cc1ccc(-c2nnc(C(F)F)o2)cc1F)c1ccc(CN2CCC(F)(F)C2)cc1. The highest BCUT2D eigenvalue weighted by Crippen LogP contribution is 2.29. The number of likely N-dealkylation sites (tertiary alicyclic amines) is 1. The molecule has 3 aromatic rings. The minimum absolute atomic E-state index is 0.0990. The molecule has 0 radical (unpaired) electrons. The van der Waals surface area contributed by atoms with Crippen LogP contribution in [0.25, 0.3) is 11.5 Å². The monoisotopic (exact) mass is 565 g/mol. The fourth-order valence-corrected chi connectivity index (χ4v) is 4.72. The van der Waals surface area contributed by atoms with Crippen LogP contribution in [0.3, 0.4) is 0 Å². The first-order chi connectivity index (χ1) is 19.1. The van der Waals surface area contributed by atoms with Crippen LogP contribution < -0.4 is 4.90 Å². The molecule has 14 heteroatoms. The number of benzene rings is 2. The van der Waals surface area contributed by atoms with E-state index < -0.39 is 30.1 Å². The lowest BCUT2D eigenvalue weighted by atomic mass is 10.1. The predicted octanol–water partition coefficient (Wildman–Crippen LogP) is 4.88. The van der Waals surface area contributed by atoms with Gasteiger partial charge in [-0.05, 0) is 29.8 Å². The highest BCUT2D eigenvalue weighted by atomic mass is 19.3. The summed E-state index contributed by atoms with van der Waals surface area (Å²) in [4.78, 5) is 29.7. The lowest BCUT2D eigenvalue weighted by Gasteiger charge is -2.31. The first-order valence-corrected chi connectivity index (χ1v) is 12.7. The van der Waals surface area contributed by atoms with E-state index in [9.17, 15) is 27.3 Å². The molecule has 2 fully saturated rings. The highest BCUT2D eigenvalue weighted by Gasteiger charge is 2.38. The molecule has 0 unspecified atom stereocenters. The molecule has 0 spiro atoms. The van der Waals surface area contributed by atoms with Gasteiger partial charge in [-0.15, -0.1) is 10.2 Å². The zero-order chi connectivity index (χ0) is 28.4. The standard InChI is InChI=1S/C26H26F5N6O3/c27-21-13-18(23-32-33-24(40-23)22(28)29)3-4-19(21)15-37(25(38)35-9-11-36(39)12-10-35)20-5-1-17(2-6-20)14-34-8-7-26(30,31)16-34/h1-6,13,22H,7-12,14-16H2/q+1. The van der Waals surface area contributed by atoms with E-state index in [0.29, 0.717) is 12.2 Å². The van der Waals surface area contributed by atoms with Crippen LogP contribution >= 0.6 is 0 Å². The van der Waals surface area contributed by atoms with E-state index in [4.69, 9.17) is 4.42 Å². The Morgan fingerprint density at radius 1 is 1.07 bits per heavy atom. The molecule has 0 saturated carbocycles. The lowest BCUT2D eigenvalue weighted by molar-refractivity contribution is -0.558. The fourth-order valence-electron chi connectivity index (χ4n) is 4.72. The average Bonchev–Trinajstić information content (AvgIpc) is 3.55. The topological polar surface area (TPSA) is 85.8 Å². The van der Waals surface area contributed by atoms with Gasteiger partial charge in [-0.25, -0.2) is 18.0 Å². The highest BCUT2D eigenvalue weighted by molar-refractivity contribution is 5.92. The number of rotatable bonds is 7. The van der Waals surface area contributed by atoms with E-state index in [0.717, 1.165) is 16.4 Å². The first kappa shape index (κ1) is 27.6. The number of aromatic nitrogens is 2. The smallest absolute Gasteiger partial charge is 0.325 e. The largest absolute Gasteiger partial charge is 0.415 e. The Kier molecular flexibility index (Phi) is 7.79. The lowest BCUT2D eigenvalue weighted by Crippen LogP contribution is -2.50. The Morgan fingerprint density at radius 2 is 1.80 bits per heavy atom. The number of anilines is 1. The molecule has 3 heterocycles. The number of alkyl halides is 4. The molecule has 0 bridgehead atoms. The Morgan fingerprint density at radius 3 is 2.40 bits per heavy atom. The van der Waals surface area contributed by atoms with Crippen molar-refractivity contribution in [1.82, 2.24) is 20.0 Å². The van der Waals surface area contributed by atoms with Gasteiger partial charge in [-0.1, -0.05) is 18.2 Å². The van der Waals surface area contributed by atoms with Crippen LogP contribution in [-0.2, 0) is 13.1 Å². The second-order valence-electron chi connectivity index (χ2n) is 9.82. The van der Waals surface area contributed by atoms with E-state index >= 15 is 4.39 Å². The van der Waals surface area contributed by atoms with Crippen molar-refractivity contribution in [3.8, 4) is 11.5 Å². The third kappa shape index (κ3) is 6.27. The molecule has 5 rings (SSSR count). The van der Waals surface area contributed by atoms with Crippen molar-refractivity contribution in [2.24, 2.45) is 0 Å². The average molecular weight is 566 g/mol. The van der Waals surface area contributed by atoms with Gasteiger partial charge in [0, 0.05) is 46.0 Å². The molecular weight excluding hydrogens is 539 g/mol. The molecule has 1 aromatic heterocycles. The van der Waals surface area contributed by atoms with E-state index in [1.54, 1.807) is 29.2 Å². The van der Waals surface area contributed by atoms with Crippen LogP contribution in [0.2, 0.25) is 0 Å². The third-order valence-electron chi connectivity index (χ3n) is 6.90. The van der Waals surface area contributed by atoms with Crippen molar-refractivity contribution in [3.05, 3.63) is 70.2 Å². The number of hydrogen-bond acceptors (Lipinski definition) is 6. The molecule has 2 aliphatic heterocycles. The molecule has 0 N–H and O–H groups in total. The van der Waals surface area contributed by atoms with Crippen molar-refractivity contribution in [2.75, 3.05) is 44.2 Å². The maximum atomic E-state index is 15.2. The summed E-state index contributed by atoms with van der Waals surface area (Å²) in [5, 5.41) is 6.77. The normalized spacial score (nSPS) is 17.6. The van der Waals surface area contributed by atoms with Gasteiger partial charge in [0.25, 0.3) is 11.8 Å². The molecule has 2 aliphatic rings. The number of nitroso groups, excluding NO2 is 1. The summed E-state index contributed by atoms with van der Waals surface area (Å²) in [6, 6.07) is 10.3. The number of carbonyl (C=O) groups is 1. The van der Waals surface area contributed by atoms with Crippen LogP contribution in [0, 0.1) is 10.7 Å². The van der Waals surface area contributed by atoms with Crippen molar-refractivity contribution < 1.29 is 35.9 Å². The van der Waals surface area contributed by atoms with E-state index in [2.05, 4.69) is 10.2 Å². The van der Waals surface area contributed by atoms with Gasteiger partial charge in [0.1, 0.15) is 5.82 Å². The minimum atomic E-state index is -2.96. The molecule has 2 saturated heterocycles. The van der Waals surface area contributed by atoms with Gasteiger partial charge in [-0.2, -0.15) is 8.78 Å². The second kappa shape index (κ2) is 11.3. The summed E-state index contributed by atoms with van der Waals surface area (Å²) < 4.78 is 73.6. The van der Waals surface area contributed by atoms with Crippen LogP contribution in [-0.4, -0.2) is 76.0 Å². The number of urea groups is 1. The summed E-state index contributed by atoms with van der Waals surface area (Å²) in [6.07, 6.45) is -3.15. The van der Waals surface area contributed by atoms with Gasteiger partial charge in [-0.3, -0.25) is 9.80 Å². The summed E-state index contributed by atoms with van der Waals surface area (Å²) in [5.41, 5.74) is 1.47. The molecule has 0 aliphatic carbocycles. The maximum absolute atomic E-state index is 15.2. The van der Waals surface area contributed by atoms with Gasteiger partial charge in [0.05, 0.1) is 26.2 Å². The number of halogens is 5. The molecule has 2 aromatic carbocycles. The summed E-state index contributed by atoms with van der Waals surface area (Å²) >= 11 is 0. The van der Waals surface area contributed by atoms with Gasteiger partial charge < -0.3 is 9.32 Å². The maximum Gasteiger partial charge on any atom is 0.325 e. The number of amides is 2. The second-order valence-corrected chi connectivity index (χ2v) is 9.82. The van der Waals surface area contributed by atoms with Crippen LogP contribution in [0.5, 0.6) is 0 Å². The zero-order valence-electron chi connectivity index (χ0n) is 21.3. The van der Waals surface area contributed by atoms with Gasteiger partial charge in [0.15, 0.2) is 0 Å². The first-order valence-electron chi connectivity index (χ1n) is 12.7. The Bertz CT molecular complexity index is 1370. The minimum Gasteiger partial charge on any atom is -0.415 e. The van der Waals surface area contributed by atoms with Crippen molar-refractivity contribution in [2.45, 2.75) is 31.9 Å². The van der Waals surface area contributed by atoms with Gasteiger partial charge >= 0.3 is 12.5 Å². The molecule has 212 valence electrons. The molecule has 2 amide bonds. The Labute approximate surface area is 225 Å². The van der Waals surface area contributed by atoms with Crippen molar-refractivity contribution in [3.63, 3.8) is 0 Å². The quantitative estimate of drug-likeness (QED) is 0.300. The summed E-state index contributed by atoms with van der Waals surface area (Å²) in [6.45, 7) is 0.817. The van der Waals surface area contributed by atoms with Crippen molar-refractivity contribution >= 4 is 11.7 Å². The van der Waals surface area contributed by atoms with Gasteiger partial charge in [0.2, 0.25) is 19.0 Å². The van der Waals surface area contributed by atoms with Crippen molar-refractivity contribution in [1.29, 1.82) is 0 Å². The van der Waals surface area contributed by atoms with E-state index in [1.807, 2.05) is 0 Å². The predicted molar refractivity (Wildman–Crippen MR) is 132 cm³/mol. The number of piperazine rings is 1. The summed E-state index contributed by atoms with van der Waals surface area (Å²) in [7, 11) is 0. The fraction of sp³-hybridized carbons (Fsp3) is 0.423. The summed E-state index contributed by atoms with van der Waals surface area (Å²) in [5.74, 6) is -4.57. The third-order valence-corrected chi connectivity index (χ3v) is 6.90. The molecular formula is C26H26F5N6O3+. The Hall–Kier alpha value is -3.94.